The van der Waals surface area contributed by atoms with Gasteiger partial charge < -0.3 is 18.9 Å². The van der Waals surface area contributed by atoms with Crippen molar-refractivity contribution in [3.8, 4) is 11.5 Å². The second kappa shape index (κ2) is 11.5. The van der Waals surface area contributed by atoms with Crippen LogP contribution in [0.3, 0.4) is 0 Å². The van der Waals surface area contributed by atoms with E-state index in [-0.39, 0.29) is 37.9 Å². The molecule has 0 aliphatic carbocycles. The summed E-state index contributed by atoms with van der Waals surface area (Å²) in [5.74, 6) is -1.62. The van der Waals surface area contributed by atoms with Crippen molar-refractivity contribution in [2.45, 2.75) is 13.2 Å². The van der Waals surface area contributed by atoms with Crippen LogP contribution in [0.5, 0.6) is 11.5 Å². The van der Waals surface area contributed by atoms with Gasteiger partial charge in [-0.2, -0.15) is 0 Å². The number of hydrogen-bond acceptors (Lipinski definition) is 6. The molecule has 3 aromatic rings. The van der Waals surface area contributed by atoms with E-state index in [1.54, 1.807) is 24.3 Å². The summed E-state index contributed by atoms with van der Waals surface area (Å²) >= 11 is 0. The van der Waals surface area contributed by atoms with E-state index >= 15 is 0 Å². The molecular weight excluding hydrogens is 422 g/mol. The zero-order valence-corrected chi connectivity index (χ0v) is 17.0. The summed E-state index contributed by atoms with van der Waals surface area (Å²) < 4.78 is 46.7. The van der Waals surface area contributed by atoms with Crippen molar-refractivity contribution in [1.82, 2.24) is 0 Å². The highest BCUT2D eigenvalue weighted by atomic mass is 19.1. The van der Waals surface area contributed by atoms with Gasteiger partial charge in [-0.05, 0) is 35.4 Å². The van der Waals surface area contributed by atoms with Crippen LogP contribution >= 0.6 is 0 Å². The molecular formula is C24H20F2O6. The standard InChI is InChI=1S/C24H20F2O6/c25-19-3-1-5-21(11-19)29-15-23(27)31-13-17-7-9-18(10-8-17)14-32-24(28)16-30-22-6-2-4-20(26)12-22/h1-12H,13-16H2. The molecule has 0 N–H and O–H groups in total. The van der Waals surface area contributed by atoms with Crippen molar-refractivity contribution in [1.29, 1.82) is 0 Å². The van der Waals surface area contributed by atoms with Gasteiger partial charge in [-0.3, -0.25) is 0 Å². The minimum absolute atomic E-state index is 0.0346. The van der Waals surface area contributed by atoms with Gasteiger partial charge in [0.1, 0.15) is 36.3 Å². The van der Waals surface area contributed by atoms with Crippen LogP contribution in [-0.4, -0.2) is 25.2 Å². The van der Waals surface area contributed by atoms with Crippen LogP contribution in [0, 0.1) is 11.6 Å². The van der Waals surface area contributed by atoms with Crippen LogP contribution in [0.15, 0.2) is 72.8 Å². The van der Waals surface area contributed by atoms with Crippen molar-refractivity contribution in [3.05, 3.63) is 95.6 Å². The van der Waals surface area contributed by atoms with E-state index in [9.17, 15) is 18.4 Å². The molecule has 3 rings (SSSR count). The first-order chi connectivity index (χ1) is 15.5. The van der Waals surface area contributed by atoms with Crippen LogP contribution in [-0.2, 0) is 32.3 Å². The first kappa shape index (κ1) is 22.7. The molecule has 3 aromatic carbocycles. The molecule has 0 atom stereocenters. The van der Waals surface area contributed by atoms with Gasteiger partial charge in [-0.15, -0.1) is 0 Å². The Balaban J connectivity index is 1.35. The lowest BCUT2D eigenvalue weighted by Crippen LogP contribution is -2.15. The molecule has 0 heterocycles. The summed E-state index contributed by atoms with van der Waals surface area (Å²) in [6.45, 7) is -0.607. The van der Waals surface area contributed by atoms with Crippen molar-refractivity contribution >= 4 is 11.9 Å². The molecule has 0 fully saturated rings. The van der Waals surface area contributed by atoms with E-state index in [1.807, 2.05) is 0 Å². The molecule has 0 aromatic heterocycles. The number of esters is 2. The van der Waals surface area contributed by atoms with Crippen molar-refractivity contribution in [3.63, 3.8) is 0 Å². The van der Waals surface area contributed by atoms with E-state index in [0.29, 0.717) is 0 Å². The molecule has 0 aliphatic heterocycles. The van der Waals surface area contributed by atoms with Gasteiger partial charge in [0, 0.05) is 12.1 Å². The van der Waals surface area contributed by atoms with Crippen LogP contribution < -0.4 is 9.47 Å². The average Bonchev–Trinajstić information content (AvgIpc) is 2.79. The second-order valence-corrected chi connectivity index (χ2v) is 6.63. The van der Waals surface area contributed by atoms with Crippen LogP contribution in [0.4, 0.5) is 8.78 Å². The highest BCUT2D eigenvalue weighted by Gasteiger charge is 2.08. The van der Waals surface area contributed by atoms with Gasteiger partial charge in [-0.25, -0.2) is 18.4 Å². The molecule has 0 amide bonds. The predicted octanol–water partition coefficient (Wildman–Crippen LogP) is 4.21. The molecule has 8 heteroatoms. The smallest absolute Gasteiger partial charge is 0.344 e. The first-order valence-corrected chi connectivity index (χ1v) is 9.64. The Morgan fingerprint density at radius 3 is 1.41 bits per heavy atom. The molecule has 0 saturated heterocycles. The van der Waals surface area contributed by atoms with Crippen molar-refractivity contribution < 1.29 is 37.3 Å². The Hall–Kier alpha value is -3.94. The highest BCUT2D eigenvalue weighted by Crippen LogP contribution is 2.13. The minimum atomic E-state index is -0.592. The number of rotatable bonds is 10. The fraction of sp³-hybridized carbons (Fsp3) is 0.167. The first-order valence-electron chi connectivity index (χ1n) is 9.64. The molecule has 0 aliphatic rings. The summed E-state index contributed by atoms with van der Waals surface area (Å²) in [6.07, 6.45) is 0. The van der Waals surface area contributed by atoms with E-state index in [4.69, 9.17) is 18.9 Å². The molecule has 0 saturated carbocycles. The maximum absolute atomic E-state index is 13.1. The third kappa shape index (κ3) is 7.71. The highest BCUT2D eigenvalue weighted by molar-refractivity contribution is 5.71. The summed E-state index contributed by atoms with van der Waals surface area (Å²) in [7, 11) is 0. The van der Waals surface area contributed by atoms with Crippen molar-refractivity contribution in [2.75, 3.05) is 13.2 Å². The summed E-state index contributed by atoms with van der Waals surface area (Å²) in [4.78, 5) is 23.5. The van der Waals surface area contributed by atoms with Gasteiger partial charge in [0.15, 0.2) is 13.2 Å². The van der Waals surface area contributed by atoms with Crippen molar-refractivity contribution in [2.24, 2.45) is 0 Å². The van der Waals surface area contributed by atoms with E-state index in [0.717, 1.165) is 11.1 Å². The zero-order valence-electron chi connectivity index (χ0n) is 17.0. The zero-order chi connectivity index (χ0) is 22.8. The quantitative estimate of drug-likeness (QED) is 0.438. The molecule has 166 valence electrons. The fourth-order valence-electron chi connectivity index (χ4n) is 2.54. The number of benzene rings is 3. The maximum Gasteiger partial charge on any atom is 0.344 e. The number of hydrogen-bond donors (Lipinski definition) is 0. The van der Waals surface area contributed by atoms with E-state index in [1.165, 1.54) is 48.5 Å². The molecule has 0 spiro atoms. The van der Waals surface area contributed by atoms with Gasteiger partial charge in [0.05, 0.1) is 0 Å². The molecule has 6 nitrogen and oxygen atoms in total. The Kier molecular flexibility index (Phi) is 8.14. The third-order valence-electron chi connectivity index (χ3n) is 4.13. The Bertz CT molecular complexity index is 968. The number of halogens is 2. The lowest BCUT2D eigenvalue weighted by molar-refractivity contribution is -0.148. The van der Waals surface area contributed by atoms with Crippen LogP contribution in [0.1, 0.15) is 11.1 Å². The summed E-state index contributed by atoms with van der Waals surface area (Å²) in [5, 5.41) is 0. The molecule has 0 bridgehead atoms. The predicted molar refractivity (Wildman–Crippen MR) is 110 cm³/mol. The fourth-order valence-corrected chi connectivity index (χ4v) is 2.54. The molecule has 32 heavy (non-hydrogen) atoms. The van der Waals surface area contributed by atoms with Gasteiger partial charge in [-0.1, -0.05) is 36.4 Å². The minimum Gasteiger partial charge on any atom is -0.482 e. The topological polar surface area (TPSA) is 71.1 Å². The Morgan fingerprint density at radius 1 is 0.625 bits per heavy atom. The SMILES string of the molecule is O=C(COc1cccc(F)c1)OCc1ccc(COC(=O)COc2cccc(F)c2)cc1. The van der Waals surface area contributed by atoms with Gasteiger partial charge >= 0.3 is 11.9 Å². The maximum atomic E-state index is 13.1. The normalized spacial score (nSPS) is 10.3. The largest absolute Gasteiger partial charge is 0.482 e. The van der Waals surface area contributed by atoms with Crippen LogP contribution in [0.2, 0.25) is 0 Å². The lowest BCUT2D eigenvalue weighted by Gasteiger charge is -2.09. The van der Waals surface area contributed by atoms with E-state index < -0.39 is 23.6 Å². The summed E-state index contributed by atoms with van der Waals surface area (Å²) in [5.41, 5.74) is 1.46. The average molecular weight is 442 g/mol. The molecule has 0 radical (unpaired) electrons. The third-order valence-corrected chi connectivity index (χ3v) is 4.13. The summed E-state index contributed by atoms with van der Waals surface area (Å²) in [6, 6.07) is 17.8. The molecule has 0 unspecified atom stereocenters. The Labute approximate surface area is 183 Å². The van der Waals surface area contributed by atoms with Gasteiger partial charge in [0.2, 0.25) is 0 Å². The van der Waals surface area contributed by atoms with E-state index in [2.05, 4.69) is 0 Å². The second-order valence-electron chi connectivity index (χ2n) is 6.63. The number of carbonyl (C=O) groups excluding carboxylic acids is 2. The Morgan fingerprint density at radius 2 is 1.03 bits per heavy atom. The van der Waals surface area contributed by atoms with Crippen LogP contribution in [0.25, 0.3) is 0 Å². The van der Waals surface area contributed by atoms with Gasteiger partial charge in [0.25, 0.3) is 0 Å². The monoisotopic (exact) mass is 442 g/mol. The lowest BCUT2D eigenvalue weighted by atomic mass is 10.1. The number of carbonyl (C=O) groups is 2. The number of ether oxygens (including phenoxy) is 4.